The molecule has 0 fully saturated rings. The fourth-order valence-electron chi connectivity index (χ4n) is 1.70. The first kappa shape index (κ1) is 11.6. The van der Waals surface area contributed by atoms with Gasteiger partial charge in [0.15, 0.2) is 5.78 Å². The van der Waals surface area contributed by atoms with Gasteiger partial charge in [0, 0.05) is 11.1 Å². The summed E-state index contributed by atoms with van der Waals surface area (Å²) in [5, 5.41) is 9.49. The van der Waals surface area contributed by atoms with Crippen molar-refractivity contribution in [2.75, 3.05) is 0 Å². The predicted molar refractivity (Wildman–Crippen MR) is 67.0 cm³/mol. The first-order chi connectivity index (χ1) is 8.18. The third-order valence-corrected chi connectivity index (χ3v) is 2.67. The second kappa shape index (κ2) is 4.93. The molecule has 2 aromatic carbocycles. The van der Waals surface area contributed by atoms with E-state index in [2.05, 4.69) is 0 Å². The molecule has 0 spiro atoms. The second-order valence-corrected chi connectivity index (χ2v) is 4.00. The highest BCUT2D eigenvalue weighted by Gasteiger charge is 2.10. The minimum atomic E-state index is -0.557. The summed E-state index contributed by atoms with van der Waals surface area (Å²) in [5.74, 6) is -0.0203. The van der Waals surface area contributed by atoms with Gasteiger partial charge in [0.1, 0.15) is 0 Å². The fourth-order valence-corrected chi connectivity index (χ4v) is 1.70. The van der Waals surface area contributed by atoms with Crippen LogP contribution in [0.2, 0.25) is 0 Å². The molecule has 1 N–H and O–H groups in total. The van der Waals surface area contributed by atoms with Crippen LogP contribution < -0.4 is 0 Å². The van der Waals surface area contributed by atoms with E-state index >= 15 is 0 Å². The highest BCUT2D eigenvalue weighted by Crippen LogP contribution is 2.16. The zero-order chi connectivity index (χ0) is 12.3. The highest BCUT2D eigenvalue weighted by atomic mass is 16.3. The maximum Gasteiger partial charge on any atom is 0.193 e. The summed E-state index contributed by atoms with van der Waals surface area (Å²) >= 11 is 0. The van der Waals surface area contributed by atoms with Crippen molar-refractivity contribution in [2.45, 2.75) is 13.0 Å². The third kappa shape index (κ3) is 2.60. The summed E-state index contributed by atoms with van der Waals surface area (Å²) in [6, 6.07) is 16.2. The SMILES string of the molecule is C[C@H](O)c1cccc(C(=O)c2ccccc2)c1. The van der Waals surface area contributed by atoms with Crippen molar-refractivity contribution in [2.24, 2.45) is 0 Å². The standard InChI is InChI=1S/C15H14O2/c1-11(16)13-8-5-9-14(10-13)15(17)12-6-3-2-4-7-12/h2-11,16H,1H3/t11-/m0/s1. The van der Waals surface area contributed by atoms with Crippen LogP contribution in [-0.2, 0) is 0 Å². The lowest BCUT2D eigenvalue weighted by Crippen LogP contribution is -2.02. The van der Waals surface area contributed by atoms with Gasteiger partial charge in [-0.05, 0) is 18.6 Å². The molecule has 0 aliphatic heterocycles. The quantitative estimate of drug-likeness (QED) is 0.817. The smallest absolute Gasteiger partial charge is 0.193 e. The molecule has 2 aromatic rings. The first-order valence-corrected chi connectivity index (χ1v) is 5.56. The van der Waals surface area contributed by atoms with Crippen LogP contribution in [0, 0.1) is 0 Å². The van der Waals surface area contributed by atoms with E-state index in [0.29, 0.717) is 11.1 Å². The number of aliphatic hydroxyl groups excluding tert-OH is 1. The van der Waals surface area contributed by atoms with Crippen molar-refractivity contribution in [3.05, 3.63) is 71.3 Å². The van der Waals surface area contributed by atoms with Gasteiger partial charge in [-0.1, -0.05) is 48.5 Å². The minimum absolute atomic E-state index is 0.0203. The van der Waals surface area contributed by atoms with Crippen LogP contribution in [0.15, 0.2) is 54.6 Å². The Morgan fingerprint density at radius 1 is 1.00 bits per heavy atom. The van der Waals surface area contributed by atoms with Gasteiger partial charge in [0.05, 0.1) is 6.10 Å². The molecule has 0 aliphatic carbocycles. The van der Waals surface area contributed by atoms with Crippen LogP contribution >= 0.6 is 0 Å². The molecule has 2 heteroatoms. The van der Waals surface area contributed by atoms with Crippen LogP contribution in [0.5, 0.6) is 0 Å². The van der Waals surface area contributed by atoms with E-state index in [4.69, 9.17) is 0 Å². The molecule has 0 unspecified atom stereocenters. The number of hydrogen-bond acceptors (Lipinski definition) is 2. The Bertz CT molecular complexity index is 515. The van der Waals surface area contributed by atoms with Crippen LogP contribution in [0.25, 0.3) is 0 Å². The molecule has 0 saturated carbocycles. The number of carbonyl (C=O) groups excluding carboxylic acids is 1. The molecule has 0 amide bonds. The topological polar surface area (TPSA) is 37.3 Å². The Hall–Kier alpha value is -1.93. The van der Waals surface area contributed by atoms with Crippen molar-refractivity contribution in [1.29, 1.82) is 0 Å². The van der Waals surface area contributed by atoms with Gasteiger partial charge < -0.3 is 5.11 Å². The lowest BCUT2D eigenvalue weighted by Gasteiger charge is -2.06. The van der Waals surface area contributed by atoms with E-state index in [1.807, 2.05) is 24.3 Å². The van der Waals surface area contributed by atoms with E-state index < -0.39 is 6.10 Å². The van der Waals surface area contributed by atoms with Gasteiger partial charge in [-0.3, -0.25) is 4.79 Å². The van der Waals surface area contributed by atoms with E-state index in [1.165, 1.54) is 0 Å². The Morgan fingerprint density at radius 3 is 2.29 bits per heavy atom. The molecule has 1 atom stereocenters. The van der Waals surface area contributed by atoms with E-state index in [-0.39, 0.29) is 5.78 Å². The predicted octanol–water partition coefficient (Wildman–Crippen LogP) is 2.97. The Kier molecular flexibility index (Phi) is 3.35. The number of rotatable bonds is 3. The number of ketones is 1. The summed E-state index contributed by atoms with van der Waals surface area (Å²) in [7, 11) is 0. The summed E-state index contributed by atoms with van der Waals surface area (Å²) < 4.78 is 0. The molecule has 86 valence electrons. The van der Waals surface area contributed by atoms with E-state index in [1.54, 1.807) is 37.3 Å². The Morgan fingerprint density at radius 2 is 1.65 bits per heavy atom. The van der Waals surface area contributed by atoms with Crippen molar-refractivity contribution in [1.82, 2.24) is 0 Å². The summed E-state index contributed by atoms with van der Waals surface area (Å²) in [5.41, 5.74) is 2.02. The average molecular weight is 226 g/mol. The normalized spacial score (nSPS) is 12.1. The molecule has 2 nitrogen and oxygen atoms in total. The zero-order valence-corrected chi connectivity index (χ0v) is 9.63. The van der Waals surface area contributed by atoms with Gasteiger partial charge in [-0.2, -0.15) is 0 Å². The number of carbonyl (C=O) groups is 1. The van der Waals surface area contributed by atoms with E-state index in [9.17, 15) is 9.90 Å². The molecular formula is C15H14O2. The summed E-state index contributed by atoms with van der Waals surface area (Å²) in [6.07, 6.45) is -0.557. The third-order valence-electron chi connectivity index (χ3n) is 2.67. The minimum Gasteiger partial charge on any atom is -0.389 e. The molecule has 0 bridgehead atoms. The maximum atomic E-state index is 12.1. The molecule has 0 aromatic heterocycles. The monoisotopic (exact) mass is 226 g/mol. The van der Waals surface area contributed by atoms with Gasteiger partial charge in [0.2, 0.25) is 0 Å². The Labute approximate surface area is 101 Å². The van der Waals surface area contributed by atoms with Crippen LogP contribution in [0.1, 0.15) is 34.5 Å². The van der Waals surface area contributed by atoms with Gasteiger partial charge in [0.25, 0.3) is 0 Å². The molecule has 0 heterocycles. The van der Waals surface area contributed by atoms with Crippen molar-refractivity contribution in [3.8, 4) is 0 Å². The first-order valence-electron chi connectivity index (χ1n) is 5.56. The van der Waals surface area contributed by atoms with Crippen molar-refractivity contribution < 1.29 is 9.90 Å². The fraction of sp³-hybridized carbons (Fsp3) is 0.133. The van der Waals surface area contributed by atoms with Crippen LogP contribution in [0.4, 0.5) is 0 Å². The number of aliphatic hydroxyl groups is 1. The number of benzene rings is 2. The largest absolute Gasteiger partial charge is 0.389 e. The molecule has 0 saturated heterocycles. The highest BCUT2D eigenvalue weighted by molar-refractivity contribution is 6.09. The molecule has 2 rings (SSSR count). The average Bonchev–Trinajstić information content (AvgIpc) is 2.39. The van der Waals surface area contributed by atoms with Crippen molar-refractivity contribution >= 4 is 5.78 Å². The van der Waals surface area contributed by atoms with Gasteiger partial charge >= 0.3 is 0 Å². The lowest BCUT2D eigenvalue weighted by atomic mass is 10.00. The summed E-state index contributed by atoms with van der Waals surface area (Å²) in [4.78, 5) is 12.1. The lowest BCUT2D eigenvalue weighted by molar-refractivity contribution is 0.103. The maximum absolute atomic E-state index is 12.1. The molecular weight excluding hydrogens is 212 g/mol. The number of hydrogen-bond donors (Lipinski definition) is 1. The Balaban J connectivity index is 2.35. The van der Waals surface area contributed by atoms with Gasteiger partial charge in [-0.25, -0.2) is 0 Å². The van der Waals surface area contributed by atoms with Gasteiger partial charge in [-0.15, -0.1) is 0 Å². The van der Waals surface area contributed by atoms with Crippen LogP contribution in [-0.4, -0.2) is 10.9 Å². The molecule has 0 radical (unpaired) electrons. The zero-order valence-electron chi connectivity index (χ0n) is 9.63. The van der Waals surface area contributed by atoms with E-state index in [0.717, 1.165) is 5.56 Å². The molecule has 17 heavy (non-hydrogen) atoms. The molecule has 0 aliphatic rings. The second-order valence-electron chi connectivity index (χ2n) is 4.00. The summed E-state index contributed by atoms with van der Waals surface area (Å²) in [6.45, 7) is 1.69. The van der Waals surface area contributed by atoms with Crippen LogP contribution in [0.3, 0.4) is 0 Å². The van der Waals surface area contributed by atoms with Crippen molar-refractivity contribution in [3.63, 3.8) is 0 Å².